The first-order chi connectivity index (χ1) is 16.0. The molecule has 0 aliphatic heterocycles. The lowest BCUT2D eigenvalue weighted by Gasteiger charge is -2.11. The number of benzene rings is 2. The van der Waals surface area contributed by atoms with Gasteiger partial charge in [0.05, 0.1) is 22.6 Å². The number of aromatic nitrogens is 4. The minimum Gasteiger partial charge on any atom is -0.507 e. The standard InChI is InChI=1S/C25H15F2N5O/c1-14-24(18-9-7-16(26)10-20(18)27)25-30-21(15-6-8-17(12-28)29-13-15)11-22(32(25)31-14)19-4-2-3-5-23(19)33/h2-11,13,33H,1H3. The highest BCUT2D eigenvalue weighted by Crippen LogP contribution is 2.36. The fourth-order valence-corrected chi connectivity index (χ4v) is 3.77. The van der Waals surface area contributed by atoms with Gasteiger partial charge >= 0.3 is 0 Å². The quantitative estimate of drug-likeness (QED) is 0.413. The van der Waals surface area contributed by atoms with E-state index in [1.807, 2.05) is 6.07 Å². The third kappa shape index (κ3) is 3.46. The number of phenolic OH excluding ortho intramolecular Hbond substituents is 1. The molecule has 8 heteroatoms. The largest absolute Gasteiger partial charge is 0.507 e. The van der Waals surface area contributed by atoms with Crippen molar-refractivity contribution in [1.82, 2.24) is 19.6 Å². The van der Waals surface area contributed by atoms with E-state index in [1.54, 1.807) is 49.4 Å². The minimum atomic E-state index is -0.732. The molecule has 0 radical (unpaired) electrons. The van der Waals surface area contributed by atoms with Crippen LogP contribution in [0.3, 0.4) is 0 Å². The molecule has 0 amide bonds. The molecule has 0 spiro atoms. The lowest BCUT2D eigenvalue weighted by atomic mass is 10.0. The smallest absolute Gasteiger partial charge is 0.164 e. The van der Waals surface area contributed by atoms with Gasteiger partial charge in [0.2, 0.25) is 0 Å². The molecule has 160 valence electrons. The van der Waals surface area contributed by atoms with Gasteiger partial charge in [0.1, 0.15) is 29.1 Å². The summed E-state index contributed by atoms with van der Waals surface area (Å²) in [6.07, 6.45) is 1.52. The molecule has 0 bridgehead atoms. The fourth-order valence-electron chi connectivity index (χ4n) is 3.77. The third-order valence-electron chi connectivity index (χ3n) is 5.32. The molecule has 0 aliphatic rings. The van der Waals surface area contributed by atoms with Crippen LogP contribution >= 0.6 is 0 Å². The molecule has 0 saturated heterocycles. The van der Waals surface area contributed by atoms with Crippen LogP contribution in [-0.4, -0.2) is 24.7 Å². The normalized spacial score (nSPS) is 11.0. The Labute approximate surface area is 187 Å². The van der Waals surface area contributed by atoms with Crippen molar-refractivity contribution >= 4 is 5.65 Å². The summed E-state index contributed by atoms with van der Waals surface area (Å²) < 4.78 is 29.8. The number of fused-ring (bicyclic) bond motifs is 1. The van der Waals surface area contributed by atoms with Crippen LogP contribution in [-0.2, 0) is 0 Å². The second-order valence-electron chi connectivity index (χ2n) is 7.41. The van der Waals surface area contributed by atoms with Crippen molar-refractivity contribution in [3.63, 3.8) is 0 Å². The maximum Gasteiger partial charge on any atom is 0.164 e. The Morgan fingerprint density at radius 1 is 1.00 bits per heavy atom. The molecule has 0 unspecified atom stereocenters. The van der Waals surface area contributed by atoms with Crippen molar-refractivity contribution in [2.24, 2.45) is 0 Å². The highest BCUT2D eigenvalue weighted by atomic mass is 19.1. The van der Waals surface area contributed by atoms with Crippen molar-refractivity contribution in [2.75, 3.05) is 0 Å². The van der Waals surface area contributed by atoms with Gasteiger partial charge in [-0.2, -0.15) is 10.4 Å². The van der Waals surface area contributed by atoms with Gasteiger partial charge in [-0.3, -0.25) is 0 Å². The molecule has 2 aromatic carbocycles. The molecule has 0 atom stereocenters. The Bertz CT molecular complexity index is 1570. The second-order valence-corrected chi connectivity index (χ2v) is 7.41. The van der Waals surface area contributed by atoms with Gasteiger partial charge in [0.25, 0.3) is 0 Å². The van der Waals surface area contributed by atoms with Gasteiger partial charge < -0.3 is 5.11 Å². The lowest BCUT2D eigenvalue weighted by Crippen LogP contribution is -2.00. The van der Waals surface area contributed by atoms with Crippen LogP contribution in [0.2, 0.25) is 0 Å². The molecule has 5 rings (SSSR count). The van der Waals surface area contributed by atoms with Crippen molar-refractivity contribution < 1.29 is 13.9 Å². The Balaban J connectivity index is 1.85. The number of aromatic hydroxyl groups is 1. The van der Waals surface area contributed by atoms with Gasteiger partial charge in [-0.15, -0.1) is 0 Å². The van der Waals surface area contributed by atoms with Gasteiger partial charge in [0, 0.05) is 29.0 Å². The van der Waals surface area contributed by atoms with Crippen molar-refractivity contribution in [3.8, 4) is 45.5 Å². The average molecular weight is 439 g/mol. The van der Waals surface area contributed by atoms with E-state index < -0.39 is 11.6 Å². The van der Waals surface area contributed by atoms with E-state index in [9.17, 15) is 13.9 Å². The molecule has 6 nitrogen and oxygen atoms in total. The van der Waals surface area contributed by atoms with E-state index in [-0.39, 0.29) is 17.0 Å². The SMILES string of the molecule is Cc1nn2c(-c3ccccc3O)cc(-c3ccc(C#N)nc3)nc2c1-c1ccc(F)cc1F. The summed E-state index contributed by atoms with van der Waals surface area (Å²) in [6, 6.07) is 17.1. The topological polar surface area (TPSA) is 87.1 Å². The van der Waals surface area contributed by atoms with Gasteiger partial charge in [0.15, 0.2) is 5.65 Å². The zero-order chi connectivity index (χ0) is 23.1. The number of halogens is 2. The Kier molecular flexibility index (Phi) is 4.79. The number of hydrogen-bond acceptors (Lipinski definition) is 5. The fraction of sp³-hybridized carbons (Fsp3) is 0.0400. The van der Waals surface area contributed by atoms with Crippen LogP contribution in [0.15, 0.2) is 66.9 Å². The summed E-state index contributed by atoms with van der Waals surface area (Å²) in [7, 11) is 0. The van der Waals surface area contributed by atoms with E-state index in [0.29, 0.717) is 39.4 Å². The highest BCUT2D eigenvalue weighted by Gasteiger charge is 2.21. The zero-order valence-corrected chi connectivity index (χ0v) is 17.3. The summed E-state index contributed by atoms with van der Waals surface area (Å²) in [5.41, 5.74) is 3.78. The molecule has 5 aromatic rings. The first kappa shape index (κ1) is 20.3. The molecule has 3 aromatic heterocycles. The molecule has 1 N–H and O–H groups in total. The number of rotatable bonds is 3. The summed E-state index contributed by atoms with van der Waals surface area (Å²) in [5.74, 6) is -1.38. The molecule has 0 saturated carbocycles. The number of nitriles is 1. The summed E-state index contributed by atoms with van der Waals surface area (Å²) in [5, 5.41) is 24.1. The number of pyridine rings is 1. The van der Waals surface area contributed by atoms with Crippen LogP contribution in [0.4, 0.5) is 8.78 Å². The molecule has 3 heterocycles. The van der Waals surface area contributed by atoms with Crippen LogP contribution in [0.1, 0.15) is 11.4 Å². The maximum absolute atomic E-state index is 14.7. The second kappa shape index (κ2) is 7.80. The Morgan fingerprint density at radius 2 is 1.82 bits per heavy atom. The summed E-state index contributed by atoms with van der Waals surface area (Å²) >= 11 is 0. The zero-order valence-electron chi connectivity index (χ0n) is 17.3. The lowest BCUT2D eigenvalue weighted by molar-refractivity contribution is 0.477. The highest BCUT2D eigenvalue weighted by molar-refractivity contribution is 5.84. The third-order valence-corrected chi connectivity index (χ3v) is 5.32. The van der Waals surface area contributed by atoms with Gasteiger partial charge in [-0.1, -0.05) is 12.1 Å². The number of hydrogen-bond donors (Lipinski definition) is 1. The Morgan fingerprint density at radius 3 is 2.52 bits per heavy atom. The minimum absolute atomic E-state index is 0.0385. The monoisotopic (exact) mass is 439 g/mol. The van der Waals surface area contributed by atoms with Gasteiger partial charge in [-0.25, -0.2) is 23.3 Å². The molecule has 0 fully saturated rings. The first-order valence-corrected chi connectivity index (χ1v) is 9.97. The molecular formula is C25H15F2N5O. The predicted octanol–water partition coefficient (Wildman–Crippen LogP) is 5.29. The summed E-state index contributed by atoms with van der Waals surface area (Å²) in [4.78, 5) is 8.82. The van der Waals surface area contributed by atoms with Crippen LogP contribution < -0.4 is 0 Å². The van der Waals surface area contributed by atoms with E-state index in [2.05, 4.69) is 10.1 Å². The summed E-state index contributed by atoms with van der Waals surface area (Å²) in [6.45, 7) is 1.71. The molecular weight excluding hydrogens is 424 g/mol. The number of aryl methyl sites for hydroxylation is 1. The van der Waals surface area contributed by atoms with Crippen LogP contribution in [0.5, 0.6) is 5.75 Å². The van der Waals surface area contributed by atoms with E-state index >= 15 is 0 Å². The molecule has 33 heavy (non-hydrogen) atoms. The van der Waals surface area contributed by atoms with E-state index in [1.165, 1.54) is 22.8 Å². The number of nitrogens with zero attached hydrogens (tertiary/aromatic N) is 5. The van der Waals surface area contributed by atoms with Crippen molar-refractivity contribution in [2.45, 2.75) is 6.92 Å². The van der Waals surface area contributed by atoms with Crippen molar-refractivity contribution in [3.05, 3.63) is 89.9 Å². The van der Waals surface area contributed by atoms with Crippen LogP contribution in [0, 0.1) is 29.9 Å². The van der Waals surface area contributed by atoms with Crippen LogP contribution in [0.25, 0.3) is 39.3 Å². The van der Waals surface area contributed by atoms with E-state index in [0.717, 1.165) is 6.07 Å². The van der Waals surface area contributed by atoms with Crippen molar-refractivity contribution in [1.29, 1.82) is 5.26 Å². The number of phenols is 1. The maximum atomic E-state index is 14.7. The molecule has 0 aliphatic carbocycles. The average Bonchev–Trinajstić information content (AvgIpc) is 3.15. The predicted molar refractivity (Wildman–Crippen MR) is 118 cm³/mol. The van der Waals surface area contributed by atoms with Gasteiger partial charge in [-0.05, 0) is 49.4 Å². The number of para-hydroxylation sites is 1. The van der Waals surface area contributed by atoms with E-state index in [4.69, 9.17) is 10.2 Å². The first-order valence-electron chi connectivity index (χ1n) is 9.97. The Hall–Kier alpha value is -4.64.